The van der Waals surface area contributed by atoms with Crippen LogP contribution in [0.15, 0.2) is 17.2 Å². The zero-order chi connectivity index (χ0) is 12.1. The van der Waals surface area contributed by atoms with E-state index in [0.29, 0.717) is 0 Å². The molecule has 1 heterocycles. The zero-order valence-electron chi connectivity index (χ0n) is 8.66. The number of nitrogens with one attached hydrogen (secondary N) is 1. The number of hydrogen-bond donors (Lipinski definition) is 2. The monoisotopic (exact) mass is 228 g/mol. The van der Waals surface area contributed by atoms with Crippen LogP contribution in [-0.2, 0) is 6.54 Å². The summed E-state index contributed by atoms with van der Waals surface area (Å²) in [5, 5.41) is 22.6. The van der Waals surface area contributed by atoms with Crippen LogP contribution in [-0.4, -0.2) is 39.3 Å². The van der Waals surface area contributed by atoms with E-state index in [2.05, 4.69) is 10.3 Å². The van der Waals surface area contributed by atoms with Gasteiger partial charge in [0.1, 0.15) is 6.20 Å². The molecular weight excluding hydrogens is 216 g/mol. The van der Waals surface area contributed by atoms with E-state index in [1.807, 2.05) is 0 Å². The fourth-order valence-corrected chi connectivity index (χ4v) is 1.20. The van der Waals surface area contributed by atoms with Crippen molar-refractivity contribution in [1.82, 2.24) is 14.9 Å². The summed E-state index contributed by atoms with van der Waals surface area (Å²) in [6.45, 7) is 0.253. The molecule has 0 bridgehead atoms. The highest BCUT2D eigenvalue weighted by Crippen LogP contribution is 2.04. The smallest absolute Gasteiger partial charge is 0.348 e. The van der Waals surface area contributed by atoms with Gasteiger partial charge in [-0.2, -0.15) is 4.98 Å². The first-order chi connectivity index (χ1) is 7.54. The predicted octanol–water partition coefficient (Wildman–Crippen LogP) is -1.27. The van der Waals surface area contributed by atoms with Crippen molar-refractivity contribution in [1.29, 1.82) is 0 Å². The first kappa shape index (κ1) is 12.3. The maximum Gasteiger partial charge on any atom is 0.348 e. The summed E-state index contributed by atoms with van der Waals surface area (Å²) in [7, 11) is 1.65. The number of rotatable bonds is 5. The second-order valence-electron chi connectivity index (χ2n) is 3.22. The molecule has 0 aliphatic carbocycles. The molecule has 0 spiro atoms. The SMILES string of the molecule is CNCC(O)Cn1cc([N+](=O)[O-])cnc1=O. The summed E-state index contributed by atoms with van der Waals surface area (Å²) >= 11 is 0. The molecule has 0 aliphatic heterocycles. The largest absolute Gasteiger partial charge is 0.390 e. The second kappa shape index (κ2) is 5.33. The van der Waals surface area contributed by atoms with Crippen molar-refractivity contribution >= 4 is 5.69 Å². The van der Waals surface area contributed by atoms with Crippen molar-refractivity contribution in [3.05, 3.63) is 33.0 Å². The molecule has 0 aliphatic rings. The van der Waals surface area contributed by atoms with Gasteiger partial charge in [0.15, 0.2) is 0 Å². The molecule has 8 nitrogen and oxygen atoms in total. The molecule has 0 aromatic carbocycles. The molecule has 1 atom stereocenters. The van der Waals surface area contributed by atoms with Gasteiger partial charge in [0.05, 0.1) is 23.8 Å². The molecule has 2 N–H and O–H groups in total. The Kier molecular flexibility index (Phi) is 4.09. The molecule has 1 aromatic heterocycles. The molecule has 1 rings (SSSR count). The predicted molar refractivity (Wildman–Crippen MR) is 55.1 cm³/mol. The van der Waals surface area contributed by atoms with E-state index in [4.69, 9.17) is 0 Å². The Bertz CT molecular complexity index is 430. The van der Waals surface area contributed by atoms with Crippen LogP contribution in [0.25, 0.3) is 0 Å². The molecule has 1 unspecified atom stereocenters. The lowest BCUT2D eigenvalue weighted by Crippen LogP contribution is -2.33. The van der Waals surface area contributed by atoms with E-state index in [9.17, 15) is 20.0 Å². The van der Waals surface area contributed by atoms with E-state index < -0.39 is 16.7 Å². The van der Waals surface area contributed by atoms with E-state index in [0.717, 1.165) is 17.0 Å². The van der Waals surface area contributed by atoms with E-state index in [1.165, 1.54) is 0 Å². The summed E-state index contributed by atoms with van der Waals surface area (Å²) in [4.78, 5) is 24.4. The highest BCUT2D eigenvalue weighted by atomic mass is 16.6. The van der Waals surface area contributed by atoms with Gasteiger partial charge < -0.3 is 10.4 Å². The van der Waals surface area contributed by atoms with Crippen LogP contribution in [0.3, 0.4) is 0 Å². The molecule has 0 saturated heterocycles. The Morgan fingerprint density at radius 3 is 3.00 bits per heavy atom. The molecule has 16 heavy (non-hydrogen) atoms. The van der Waals surface area contributed by atoms with Crippen LogP contribution in [0, 0.1) is 10.1 Å². The number of aliphatic hydroxyl groups is 1. The van der Waals surface area contributed by atoms with Gasteiger partial charge in [-0.05, 0) is 7.05 Å². The third kappa shape index (κ3) is 3.11. The maximum absolute atomic E-state index is 11.2. The fourth-order valence-electron chi connectivity index (χ4n) is 1.20. The van der Waals surface area contributed by atoms with Gasteiger partial charge in [0.2, 0.25) is 0 Å². The van der Waals surface area contributed by atoms with Crippen molar-refractivity contribution in [3.63, 3.8) is 0 Å². The van der Waals surface area contributed by atoms with Gasteiger partial charge in [0.25, 0.3) is 0 Å². The van der Waals surface area contributed by atoms with Crippen molar-refractivity contribution in [2.75, 3.05) is 13.6 Å². The maximum atomic E-state index is 11.2. The molecule has 0 radical (unpaired) electrons. The molecule has 0 amide bonds. The van der Waals surface area contributed by atoms with E-state index in [1.54, 1.807) is 7.05 Å². The van der Waals surface area contributed by atoms with Crippen molar-refractivity contribution in [2.45, 2.75) is 12.6 Å². The normalized spacial score (nSPS) is 12.4. The lowest BCUT2D eigenvalue weighted by molar-refractivity contribution is -0.385. The summed E-state index contributed by atoms with van der Waals surface area (Å²) in [6, 6.07) is 0. The molecule has 8 heteroatoms. The third-order valence-corrected chi connectivity index (χ3v) is 1.90. The van der Waals surface area contributed by atoms with Gasteiger partial charge in [-0.15, -0.1) is 0 Å². The first-order valence-electron chi connectivity index (χ1n) is 4.58. The average Bonchev–Trinajstić information content (AvgIpc) is 2.21. The zero-order valence-corrected chi connectivity index (χ0v) is 8.66. The average molecular weight is 228 g/mol. The van der Waals surface area contributed by atoms with Gasteiger partial charge in [-0.3, -0.25) is 14.7 Å². The Labute approximate surface area is 90.7 Å². The number of aliphatic hydroxyl groups excluding tert-OH is 1. The summed E-state index contributed by atoms with van der Waals surface area (Å²) in [5.41, 5.74) is -0.906. The fraction of sp³-hybridized carbons (Fsp3) is 0.500. The number of nitro groups is 1. The van der Waals surface area contributed by atoms with Gasteiger partial charge in [-0.25, -0.2) is 4.79 Å². The minimum Gasteiger partial charge on any atom is -0.390 e. The Hall–Kier alpha value is -1.80. The highest BCUT2D eigenvalue weighted by molar-refractivity contribution is 5.20. The molecule has 88 valence electrons. The van der Waals surface area contributed by atoms with Crippen LogP contribution in [0.2, 0.25) is 0 Å². The van der Waals surface area contributed by atoms with Crippen molar-refractivity contribution < 1.29 is 10.0 Å². The standard InChI is InChI=1S/C8H12N4O4/c1-9-3-7(13)5-11-4-6(12(15)16)2-10-8(11)14/h2,4,7,9,13H,3,5H2,1H3. The topological polar surface area (TPSA) is 110 Å². The Morgan fingerprint density at radius 2 is 2.44 bits per heavy atom. The first-order valence-corrected chi connectivity index (χ1v) is 4.58. The third-order valence-electron chi connectivity index (χ3n) is 1.90. The second-order valence-corrected chi connectivity index (χ2v) is 3.22. The highest BCUT2D eigenvalue weighted by Gasteiger charge is 2.11. The van der Waals surface area contributed by atoms with Crippen LogP contribution < -0.4 is 11.0 Å². The van der Waals surface area contributed by atoms with Gasteiger partial charge in [-0.1, -0.05) is 0 Å². The van der Waals surface area contributed by atoms with Gasteiger partial charge >= 0.3 is 11.4 Å². The molecule has 1 aromatic rings. The van der Waals surface area contributed by atoms with Gasteiger partial charge in [0, 0.05) is 6.54 Å². The molecule has 0 saturated carbocycles. The number of nitrogens with zero attached hydrogens (tertiary/aromatic N) is 3. The van der Waals surface area contributed by atoms with Crippen LogP contribution >= 0.6 is 0 Å². The Balaban J connectivity index is 2.90. The van der Waals surface area contributed by atoms with E-state index in [-0.39, 0.29) is 18.8 Å². The lowest BCUT2D eigenvalue weighted by atomic mass is 10.3. The minimum absolute atomic E-state index is 0.0334. The summed E-state index contributed by atoms with van der Waals surface area (Å²) in [6.07, 6.45) is 1.16. The van der Waals surface area contributed by atoms with Crippen LogP contribution in [0.5, 0.6) is 0 Å². The van der Waals surface area contributed by atoms with Crippen LogP contribution in [0.4, 0.5) is 5.69 Å². The van der Waals surface area contributed by atoms with Crippen molar-refractivity contribution in [3.8, 4) is 0 Å². The number of likely N-dealkylation sites (N-methyl/N-ethyl adjacent to an activating group) is 1. The number of hydrogen-bond acceptors (Lipinski definition) is 6. The van der Waals surface area contributed by atoms with Crippen LogP contribution in [0.1, 0.15) is 0 Å². The Morgan fingerprint density at radius 1 is 1.75 bits per heavy atom. The minimum atomic E-state index is -0.800. The quantitative estimate of drug-likeness (QED) is 0.480. The number of aromatic nitrogens is 2. The molecule has 0 fully saturated rings. The molecular formula is C8H12N4O4. The summed E-state index contributed by atoms with van der Waals surface area (Å²) < 4.78 is 1.01. The summed E-state index contributed by atoms with van der Waals surface area (Å²) in [5.74, 6) is 0. The van der Waals surface area contributed by atoms with E-state index >= 15 is 0 Å². The lowest BCUT2D eigenvalue weighted by Gasteiger charge is -2.10. The van der Waals surface area contributed by atoms with Crippen molar-refractivity contribution in [2.24, 2.45) is 0 Å².